The highest BCUT2D eigenvalue weighted by Gasteiger charge is 2.16. The van der Waals surface area contributed by atoms with Crippen LogP contribution in [0.4, 0.5) is 0 Å². The molecule has 3 aromatic carbocycles. The largest absolute Gasteiger partial charge is 0.488 e. The van der Waals surface area contributed by atoms with Gasteiger partial charge in [0.25, 0.3) is 0 Å². The van der Waals surface area contributed by atoms with E-state index in [0.29, 0.717) is 40.2 Å². The summed E-state index contributed by atoms with van der Waals surface area (Å²) >= 11 is 12.2. The molecule has 4 aromatic rings. The molecule has 0 fully saturated rings. The smallest absolute Gasteiger partial charge is 0.337 e. The van der Waals surface area contributed by atoms with Crippen molar-refractivity contribution in [2.45, 2.75) is 13.0 Å². The number of carboxylic acid groups (broad SMARTS) is 1. The monoisotopic (exact) mass is 463 g/mol. The van der Waals surface area contributed by atoms with Crippen molar-refractivity contribution in [3.05, 3.63) is 117 Å². The Labute approximate surface area is 196 Å². The maximum atomic E-state index is 11.8. The van der Waals surface area contributed by atoms with Crippen molar-refractivity contribution >= 4 is 29.2 Å². The van der Waals surface area contributed by atoms with Crippen LogP contribution in [0.1, 0.15) is 27.2 Å². The van der Waals surface area contributed by atoms with Crippen LogP contribution in [0.15, 0.2) is 84.9 Å². The summed E-state index contributed by atoms with van der Waals surface area (Å²) < 4.78 is 6.05. The predicted octanol–water partition coefficient (Wildman–Crippen LogP) is 6.92. The molecule has 0 saturated carbocycles. The topological polar surface area (TPSA) is 59.4 Å². The van der Waals surface area contributed by atoms with Gasteiger partial charge in [0.15, 0.2) is 0 Å². The van der Waals surface area contributed by atoms with E-state index in [4.69, 9.17) is 32.9 Å². The van der Waals surface area contributed by atoms with Gasteiger partial charge in [0.1, 0.15) is 12.4 Å². The molecular weight excluding hydrogens is 445 g/mol. The molecule has 0 aliphatic rings. The number of hydrogen-bond donors (Lipinski definition) is 1. The van der Waals surface area contributed by atoms with E-state index in [2.05, 4.69) is 0 Å². The standard InChI is InChI=1S/C26H19Cl2NO3/c27-19-8-6-17(7-9-19)14-24-22(26(30)31)12-13-23(29-24)21-11-10-20(28)15-25(21)32-16-18-4-2-1-3-5-18/h1-13,15H,14,16H2,(H,30,31). The number of benzene rings is 3. The van der Waals surface area contributed by atoms with Crippen LogP contribution in [0.5, 0.6) is 5.75 Å². The first-order valence-corrected chi connectivity index (χ1v) is 10.7. The molecule has 1 aromatic heterocycles. The van der Waals surface area contributed by atoms with E-state index in [0.717, 1.165) is 16.7 Å². The molecule has 4 rings (SSSR count). The van der Waals surface area contributed by atoms with Crippen molar-refractivity contribution in [1.82, 2.24) is 4.98 Å². The lowest BCUT2D eigenvalue weighted by atomic mass is 10.0. The van der Waals surface area contributed by atoms with Crippen LogP contribution < -0.4 is 4.74 Å². The van der Waals surface area contributed by atoms with Crippen molar-refractivity contribution in [3.8, 4) is 17.0 Å². The normalized spacial score (nSPS) is 10.7. The van der Waals surface area contributed by atoms with Gasteiger partial charge in [-0.2, -0.15) is 0 Å². The molecule has 0 aliphatic heterocycles. The number of carboxylic acids is 1. The Morgan fingerprint density at radius 2 is 1.56 bits per heavy atom. The fourth-order valence-corrected chi connectivity index (χ4v) is 3.63. The summed E-state index contributed by atoms with van der Waals surface area (Å²) in [6.45, 7) is 0.374. The highest BCUT2D eigenvalue weighted by atomic mass is 35.5. The Morgan fingerprint density at radius 1 is 0.844 bits per heavy atom. The Hall–Kier alpha value is -3.34. The molecule has 0 spiro atoms. The van der Waals surface area contributed by atoms with Gasteiger partial charge in [-0.05, 0) is 53.6 Å². The third kappa shape index (κ3) is 5.28. The van der Waals surface area contributed by atoms with Crippen molar-refractivity contribution in [1.29, 1.82) is 0 Å². The van der Waals surface area contributed by atoms with Gasteiger partial charge in [0.2, 0.25) is 0 Å². The summed E-state index contributed by atoms with van der Waals surface area (Å²) in [5, 5.41) is 10.8. The zero-order valence-electron chi connectivity index (χ0n) is 17.0. The molecule has 0 saturated heterocycles. The van der Waals surface area contributed by atoms with Crippen LogP contribution in [0, 0.1) is 0 Å². The number of aromatic nitrogens is 1. The molecule has 0 bridgehead atoms. The second-order valence-corrected chi connectivity index (χ2v) is 8.09. The molecule has 0 radical (unpaired) electrons. The molecule has 0 aliphatic carbocycles. The zero-order chi connectivity index (χ0) is 22.5. The molecule has 0 atom stereocenters. The third-order valence-electron chi connectivity index (χ3n) is 4.95. The van der Waals surface area contributed by atoms with E-state index in [9.17, 15) is 9.90 Å². The van der Waals surface area contributed by atoms with Crippen LogP contribution in [-0.2, 0) is 13.0 Å². The number of halogens is 2. The van der Waals surface area contributed by atoms with Crippen LogP contribution in [-0.4, -0.2) is 16.1 Å². The Morgan fingerprint density at radius 3 is 2.28 bits per heavy atom. The number of aromatic carboxylic acids is 1. The average molecular weight is 464 g/mol. The van der Waals surface area contributed by atoms with E-state index >= 15 is 0 Å². The second kappa shape index (κ2) is 9.86. The highest BCUT2D eigenvalue weighted by Crippen LogP contribution is 2.33. The van der Waals surface area contributed by atoms with Gasteiger partial charge in [0, 0.05) is 22.0 Å². The Bertz CT molecular complexity index is 1240. The van der Waals surface area contributed by atoms with Crippen LogP contribution >= 0.6 is 23.2 Å². The molecule has 6 heteroatoms. The van der Waals surface area contributed by atoms with Gasteiger partial charge in [-0.25, -0.2) is 4.79 Å². The van der Waals surface area contributed by atoms with Crippen LogP contribution in [0.25, 0.3) is 11.3 Å². The number of rotatable bonds is 7. The lowest BCUT2D eigenvalue weighted by Crippen LogP contribution is -2.07. The van der Waals surface area contributed by atoms with Gasteiger partial charge in [-0.1, -0.05) is 65.7 Å². The molecule has 0 amide bonds. The van der Waals surface area contributed by atoms with E-state index in [-0.39, 0.29) is 5.56 Å². The van der Waals surface area contributed by atoms with Crippen molar-refractivity contribution in [2.75, 3.05) is 0 Å². The molecule has 0 unspecified atom stereocenters. The van der Waals surface area contributed by atoms with E-state index in [1.54, 1.807) is 36.4 Å². The lowest BCUT2D eigenvalue weighted by molar-refractivity contribution is 0.0695. The van der Waals surface area contributed by atoms with Crippen LogP contribution in [0.3, 0.4) is 0 Å². The number of carbonyl (C=O) groups is 1. The van der Waals surface area contributed by atoms with E-state index in [1.807, 2.05) is 48.5 Å². The van der Waals surface area contributed by atoms with Crippen molar-refractivity contribution in [2.24, 2.45) is 0 Å². The molecule has 4 nitrogen and oxygen atoms in total. The minimum atomic E-state index is -1.02. The first-order chi connectivity index (χ1) is 15.5. The molecule has 1 N–H and O–H groups in total. The van der Waals surface area contributed by atoms with Gasteiger partial charge in [-0.3, -0.25) is 4.98 Å². The summed E-state index contributed by atoms with van der Waals surface area (Å²) in [6, 6.07) is 25.7. The molecule has 1 heterocycles. The summed E-state index contributed by atoms with van der Waals surface area (Å²) in [5.41, 5.74) is 3.90. The quantitative estimate of drug-likeness (QED) is 0.323. The second-order valence-electron chi connectivity index (χ2n) is 7.21. The number of nitrogens with zero attached hydrogens (tertiary/aromatic N) is 1. The summed E-state index contributed by atoms with van der Waals surface area (Å²) in [7, 11) is 0. The fourth-order valence-electron chi connectivity index (χ4n) is 3.34. The van der Waals surface area contributed by atoms with Crippen molar-refractivity contribution < 1.29 is 14.6 Å². The first kappa shape index (κ1) is 21.9. The number of pyridine rings is 1. The maximum absolute atomic E-state index is 11.8. The lowest BCUT2D eigenvalue weighted by Gasteiger charge is -2.14. The predicted molar refractivity (Wildman–Crippen MR) is 127 cm³/mol. The van der Waals surface area contributed by atoms with Crippen LogP contribution in [0.2, 0.25) is 10.0 Å². The SMILES string of the molecule is O=C(O)c1ccc(-c2ccc(Cl)cc2OCc2ccccc2)nc1Cc1ccc(Cl)cc1. The molecule has 32 heavy (non-hydrogen) atoms. The summed E-state index contributed by atoms with van der Waals surface area (Å²) in [4.78, 5) is 16.5. The summed E-state index contributed by atoms with van der Waals surface area (Å²) in [5.74, 6) is -0.445. The summed E-state index contributed by atoms with van der Waals surface area (Å²) in [6.07, 6.45) is 0.362. The van der Waals surface area contributed by atoms with Gasteiger partial charge in [-0.15, -0.1) is 0 Å². The minimum Gasteiger partial charge on any atom is -0.488 e. The van der Waals surface area contributed by atoms with Gasteiger partial charge < -0.3 is 9.84 Å². The Balaban J connectivity index is 1.69. The fraction of sp³-hybridized carbons (Fsp3) is 0.0769. The minimum absolute atomic E-state index is 0.157. The third-order valence-corrected chi connectivity index (χ3v) is 5.43. The molecule has 160 valence electrons. The Kier molecular flexibility index (Phi) is 6.74. The van der Waals surface area contributed by atoms with Gasteiger partial charge >= 0.3 is 5.97 Å². The average Bonchev–Trinajstić information content (AvgIpc) is 2.80. The van der Waals surface area contributed by atoms with Crippen molar-refractivity contribution in [3.63, 3.8) is 0 Å². The maximum Gasteiger partial charge on any atom is 0.337 e. The highest BCUT2D eigenvalue weighted by molar-refractivity contribution is 6.31. The van der Waals surface area contributed by atoms with E-state index in [1.165, 1.54) is 0 Å². The van der Waals surface area contributed by atoms with Gasteiger partial charge in [0.05, 0.1) is 17.0 Å². The molecular formula is C26H19Cl2NO3. The van der Waals surface area contributed by atoms with E-state index < -0.39 is 5.97 Å². The zero-order valence-corrected chi connectivity index (χ0v) is 18.5. The number of ether oxygens (including phenoxy) is 1. The number of hydrogen-bond acceptors (Lipinski definition) is 3. The first-order valence-electron chi connectivity index (χ1n) is 9.94.